The minimum Gasteiger partial charge on any atom is -0.507 e. The number of phenolic OH excluding ortho intramolecular Hbond substituents is 2. The first-order chi connectivity index (χ1) is 15.9. The number of nitrogens with zero attached hydrogens (tertiary/aromatic N) is 2. The molecule has 1 fully saturated rings. The van der Waals surface area contributed by atoms with Crippen molar-refractivity contribution in [3.05, 3.63) is 52.2 Å². The van der Waals surface area contributed by atoms with Gasteiger partial charge in [0.25, 0.3) is 5.91 Å². The van der Waals surface area contributed by atoms with E-state index >= 15 is 0 Å². The maximum absolute atomic E-state index is 12.7. The molecule has 0 radical (unpaired) electrons. The Balaban J connectivity index is 1.79. The first-order valence-electron chi connectivity index (χ1n) is 10.8. The highest BCUT2D eigenvalue weighted by Crippen LogP contribution is 2.43. The fraction of sp³-hybridized carbons (Fsp3) is 0.333. The van der Waals surface area contributed by atoms with Gasteiger partial charge in [-0.1, -0.05) is 35.0 Å². The maximum Gasteiger partial charge on any atom is 0.274 e. The van der Waals surface area contributed by atoms with E-state index in [9.17, 15) is 15.0 Å². The van der Waals surface area contributed by atoms with Crippen molar-refractivity contribution in [1.82, 2.24) is 15.4 Å². The molecule has 0 aliphatic carbocycles. The maximum atomic E-state index is 12.7. The third-order valence-electron chi connectivity index (χ3n) is 5.62. The van der Waals surface area contributed by atoms with Gasteiger partial charge in [0.1, 0.15) is 11.5 Å². The van der Waals surface area contributed by atoms with Gasteiger partial charge in [0.2, 0.25) is 0 Å². The van der Waals surface area contributed by atoms with E-state index < -0.39 is 0 Å². The van der Waals surface area contributed by atoms with Crippen LogP contribution >= 0.6 is 11.6 Å². The van der Waals surface area contributed by atoms with Crippen molar-refractivity contribution in [3.8, 4) is 33.9 Å². The molecule has 1 aliphatic heterocycles. The molecule has 0 unspecified atom stereocenters. The molecule has 2 aromatic carbocycles. The fourth-order valence-corrected chi connectivity index (χ4v) is 4.14. The molecule has 1 aliphatic rings. The van der Waals surface area contributed by atoms with E-state index in [-0.39, 0.29) is 39.4 Å². The summed E-state index contributed by atoms with van der Waals surface area (Å²) in [7, 11) is 0. The lowest BCUT2D eigenvalue weighted by Gasteiger charge is -2.26. The normalized spacial score (nSPS) is 14.4. The molecular weight excluding hydrogens is 446 g/mol. The third-order valence-corrected chi connectivity index (χ3v) is 5.93. The highest BCUT2D eigenvalue weighted by molar-refractivity contribution is 6.32. The number of rotatable bonds is 6. The van der Waals surface area contributed by atoms with Gasteiger partial charge in [0, 0.05) is 32.2 Å². The SMILES string of the molecule is CCNC(=O)c1noc(-c2cc(Cl)c(O)cc2O)c1-c1ccc(CN2CCOCC2)cc1C. The van der Waals surface area contributed by atoms with Crippen LogP contribution in [0.1, 0.15) is 28.5 Å². The molecule has 0 bridgehead atoms. The van der Waals surface area contributed by atoms with Crippen LogP contribution in [0.4, 0.5) is 0 Å². The van der Waals surface area contributed by atoms with Crippen LogP contribution in [-0.2, 0) is 11.3 Å². The topological polar surface area (TPSA) is 108 Å². The summed E-state index contributed by atoms with van der Waals surface area (Å²) in [4.78, 5) is 15.1. The van der Waals surface area contributed by atoms with Crippen LogP contribution in [0.15, 0.2) is 34.9 Å². The quantitative estimate of drug-likeness (QED) is 0.499. The summed E-state index contributed by atoms with van der Waals surface area (Å²) in [6.45, 7) is 8.24. The second-order valence-corrected chi connectivity index (χ2v) is 8.36. The van der Waals surface area contributed by atoms with Crippen molar-refractivity contribution in [2.24, 2.45) is 0 Å². The Morgan fingerprint density at radius 1 is 1.15 bits per heavy atom. The summed E-state index contributed by atoms with van der Waals surface area (Å²) in [5.74, 6) is -0.687. The number of halogens is 1. The molecule has 3 N–H and O–H groups in total. The lowest BCUT2D eigenvalue weighted by atomic mass is 9.93. The zero-order valence-electron chi connectivity index (χ0n) is 18.5. The molecule has 2 heterocycles. The average Bonchev–Trinajstić information content (AvgIpc) is 3.22. The van der Waals surface area contributed by atoms with Gasteiger partial charge in [-0.15, -0.1) is 0 Å². The van der Waals surface area contributed by atoms with Crippen molar-refractivity contribution in [1.29, 1.82) is 0 Å². The van der Waals surface area contributed by atoms with Gasteiger partial charge in [-0.25, -0.2) is 0 Å². The number of carbonyl (C=O) groups excluding carboxylic acids is 1. The summed E-state index contributed by atoms with van der Waals surface area (Å²) < 4.78 is 11.0. The predicted molar refractivity (Wildman–Crippen MR) is 125 cm³/mol. The van der Waals surface area contributed by atoms with Crippen molar-refractivity contribution in [3.63, 3.8) is 0 Å². The van der Waals surface area contributed by atoms with Crippen molar-refractivity contribution < 1.29 is 24.3 Å². The van der Waals surface area contributed by atoms with E-state index in [4.69, 9.17) is 20.9 Å². The predicted octanol–water partition coefficient (Wildman–Crippen LogP) is 3.96. The number of phenols is 2. The van der Waals surface area contributed by atoms with Gasteiger partial charge in [-0.05, 0) is 36.6 Å². The van der Waals surface area contributed by atoms with E-state index in [1.165, 1.54) is 6.07 Å². The second kappa shape index (κ2) is 9.82. The molecule has 3 aromatic rings. The Bertz CT molecular complexity index is 1170. The summed E-state index contributed by atoms with van der Waals surface area (Å²) in [5.41, 5.74) is 3.62. The molecule has 9 heteroatoms. The van der Waals surface area contributed by atoms with E-state index in [1.807, 2.05) is 26.0 Å². The number of morpholine rings is 1. The van der Waals surface area contributed by atoms with Crippen LogP contribution in [0.5, 0.6) is 11.5 Å². The molecular formula is C24H26ClN3O5. The number of nitrogens with one attached hydrogen (secondary N) is 1. The number of carbonyl (C=O) groups is 1. The molecule has 0 spiro atoms. The van der Waals surface area contributed by atoms with Crippen LogP contribution in [0.2, 0.25) is 5.02 Å². The van der Waals surface area contributed by atoms with E-state index in [0.29, 0.717) is 12.1 Å². The standard InChI is InChI=1S/C24H26ClN3O5/c1-3-26-24(31)22-21(23(33-27-22)17-11-18(25)20(30)12-19(17)29)16-5-4-15(10-14(16)2)13-28-6-8-32-9-7-28/h4-5,10-12,29-30H,3,6-9,13H2,1-2H3,(H,26,31). The van der Waals surface area contributed by atoms with Crippen LogP contribution in [0, 0.1) is 6.92 Å². The van der Waals surface area contributed by atoms with Gasteiger partial charge in [0.15, 0.2) is 11.5 Å². The molecule has 1 amide bonds. The van der Waals surface area contributed by atoms with Gasteiger partial charge in [-0.3, -0.25) is 9.69 Å². The average molecular weight is 472 g/mol. The molecule has 4 rings (SSSR count). The number of hydrogen-bond acceptors (Lipinski definition) is 7. The smallest absolute Gasteiger partial charge is 0.274 e. The molecule has 0 saturated carbocycles. The molecule has 0 atom stereocenters. The van der Waals surface area contributed by atoms with Crippen LogP contribution in [0.25, 0.3) is 22.5 Å². The van der Waals surface area contributed by atoms with Crippen LogP contribution < -0.4 is 5.32 Å². The molecule has 1 aromatic heterocycles. The molecule has 8 nitrogen and oxygen atoms in total. The number of ether oxygens (including phenoxy) is 1. The number of aromatic hydroxyl groups is 2. The second-order valence-electron chi connectivity index (χ2n) is 7.95. The number of benzene rings is 2. The van der Waals surface area contributed by atoms with Gasteiger partial charge >= 0.3 is 0 Å². The third kappa shape index (κ3) is 4.83. The summed E-state index contributed by atoms with van der Waals surface area (Å²) >= 11 is 6.08. The number of amides is 1. The lowest BCUT2D eigenvalue weighted by Crippen LogP contribution is -2.35. The van der Waals surface area contributed by atoms with Crippen LogP contribution in [0.3, 0.4) is 0 Å². The zero-order chi connectivity index (χ0) is 23.5. The highest BCUT2D eigenvalue weighted by Gasteiger charge is 2.27. The minimum absolute atomic E-state index is 0.0438. The largest absolute Gasteiger partial charge is 0.507 e. The van der Waals surface area contributed by atoms with E-state index in [1.54, 1.807) is 0 Å². The highest BCUT2D eigenvalue weighted by atomic mass is 35.5. The fourth-order valence-electron chi connectivity index (χ4n) is 3.98. The first-order valence-corrected chi connectivity index (χ1v) is 11.2. The molecule has 174 valence electrons. The first kappa shape index (κ1) is 23.1. The Morgan fingerprint density at radius 2 is 1.91 bits per heavy atom. The Labute approximate surface area is 196 Å². The Kier molecular flexibility index (Phi) is 6.88. The summed E-state index contributed by atoms with van der Waals surface area (Å²) in [6.07, 6.45) is 0. The molecule has 33 heavy (non-hydrogen) atoms. The summed E-state index contributed by atoms with van der Waals surface area (Å²) in [6, 6.07) is 8.54. The number of aryl methyl sites for hydroxylation is 1. The van der Waals surface area contributed by atoms with Crippen molar-refractivity contribution in [2.45, 2.75) is 20.4 Å². The number of aromatic nitrogens is 1. The minimum atomic E-state index is -0.386. The molecule has 1 saturated heterocycles. The van der Waals surface area contributed by atoms with Crippen LogP contribution in [-0.4, -0.2) is 59.0 Å². The summed E-state index contributed by atoms with van der Waals surface area (Å²) in [5, 5.41) is 27.1. The van der Waals surface area contributed by atoms with Gasteiger partial charge in [-0.2, -0.15) is 0 Å². The number of hydrogen-bond donors (Lipinski definition) is 3. The van der Waals surface area contributed by atoms with E-state index in [2.05, 4.69) is 21.4 Å². The van der Waals surface area contributed by atoms with Crippen molar-refractivity contribution in [2.75, 3.05) is 32.8 Å². The zero-order valence-corrected chi connectivity index (χ0v) is 19.3. The van der Waals surface area contributed by atoms with Gasteiger partial charge in [0.05, 0.1) is 29.4 Å². The van der Waals surface area contributed by atoms with Crippen molar-refractivity contribution >= 4 is 17.5 Å². The van der Waals surface area contributed by atoms with E-state index in [0.717, 1.165) is 55.6 Å². The van der Waals surface area contributed by atoms with Gasteiger partial charge < -0.3 is 24.8 Å². The Morgan fingerprint density at radius 3 is 2.61 bits per heavy atom. The Hall–Kier alpha value is -3.07. The monoisotopic (exact) mass is 471 g/mol. The lowest BCUT2D eigenvalue weighted by molar-refractivity contribution is 0.0342.